The SMILES string of the molecule is C=CC[C@@H]1c2ccoc2C=CN1C. The molecule has 1 aromatic rings. The van der Waals surface area contributed by atoms with Gasteiger partial charge in [0, 0.05) is 18.8 Å². The second-order valence-corrected chi connectivity index (χ2v) is 3.26. The number of hydrogen-bond acceptors (Lipinski definition) is 2. The Morgan fingerprint density at radius 2 is 2.54 bits per heavy atom. The smallest absolute Gasteiger partial charge is 0.133 e. The first-order valence-corrected chi connectivity index (χ1v) is 4.41. The molecule has 0 saturated carbocycles. The van der Waals surface area contributed by atoms with Gasteiger partial charge in [-0.1, -0.05) is 6.08 Å². The first kappa shape index (κ1) is 8.17. The van der Waals surface area contributed by atoms with Crippen molar-refractivity contribution in [1.82, 2.24) is 4.90 Å². The standard InChI is InChI=1S/C11H13NO/c1-3-4-10-9-6-8-13-11(9)5-7-12(10)2/h3,5-8,10H,1,4H2,2H3/t10-/m1/s1. The van der Waals surface area contributed by atoms with E-state index >= 15 is 0 Å². The van der Waals surface area contributed by atoms with E-state index in [2.05, 4.69) is 18.5 Å². The predicted molar refractivity (Wildman–Crippen MR) is 53.1 cm³/mol. The van der Waals surface area contributed by atoms with Gasteiger partial charge in [-0.05, 0) is 18.6 Å². The molecule has 0 spiro atoms. The molecule has 0 N–H and O–H groups in total. The number of furan rings is 1. The molecule has 0 saturated heterocycles. The van der Waals surface area contributed by atoms with Crippen molar-refractivity contribution in [2.75, 3.05) is 7.05 Å². The molecule has 1 aromatic heterocycles. The van der Waals surface area contributed by atoms with Crippen LogP contribution in [0, 0.1) is 0 Å². The van der Waals surface area contributed by atoms with Crippen molar-refractivity contribution in [3.05, 3.63) is 42.5 Å². The molecular formula is C11H13NO. The quantitative estimate of drug-likeness (QED) is 0.642. The fourth-order valence-corrected chi connectivity index (χ4v) is 1.70. The highest BCUT2D eigenvalue weighted by molar-refractivity contribution is 5.51. The molecule has 2 heterocycles. The molecule has 1 atom stereocenters. The molecule has 1 aliphatic heterocycles. The van der Waals surface area contributed by atoms with Crippen LogP contribution in [-0.2, 0) is 0 Å². The van der Waals surface area contributed by atoms with E-state index in [0.29, 0.717) is 6.04 Å². The first-order valence-electron chi connectivity index (χ1n) is 4.41. The van der Waals surface area contributed by atoms with Gasteiger partial charge in [0.25, 0.3) is 0 Å². The van der Waals surface area contributed by atoms with Crippen LogP contribution in [0.1, 0.15) is 23.8 Å². The van der Waals surface area contributed by atoms with E-state index in [1.807, 2.05) is 24.4 Å². The summed E-state index contributed by atoms with van der Waals surface area (Å²) in [6, 6.07) is 2.42. The topological polar surface area (TPSA) is 16.4 Å². The molecular weight excluding hydrogens is 162 g/mol. The van der Waals surface area contributed by atoms with E-state index in [9.17, 15) is 0 Å². The van der Waals surface area contributed by atoms with Gasteiger partial charge < -0.3 is 9.32 Å². The Labute approximate surface area is 78.2 Å². The van der Waals surface area contributed by atoms with Gasteiger partial charge in [0.2, 0.25) is 0 Å². The summed E-state index contributed by atoms with van der Waals surface area (Å²) in [7, 11) is 2.07. The molecule has 2 rings (SSSR count). The summed E-state index contributed by atoms with van der Waals surface area (Å²) in [6.07, 6.45) is 8.67. The summed E-state index contributed by atoms with van der Waals surface area (Å²) in [5, 5.41) is 0. The van der Waals surface area contributed by atoms with Gasteiger partial charge in [0.15, 0.2) is 0 Å². The average Bonchev–Trinajstić information content (AvgIpc) is 2.58. The molecule has 0 aromatic carbocycles. The van der Waals surface area contributed by atoms with Gasteiger partial charge in [0.05, 0.1) is 12.3 Å². The number of fused-ring (bicyclic) bond motifs is 1. The molecule has 1 aliphatic rings. The van der Waals surface area contributed by atoms with E-state index in [0.717, 1.165) is 12.2 Å². The highest BCUT2D eigenvalue weighted by Gasteiger charge is 2.21. The third-order valence-electron chi connectivity index (χ3n) is 2.43. The molecule has 2 heteroatoms. The maximum Gasteiger partial charge on any atom is 0.133 e. The largest absolute Gasteiger partial charge is 0.465 e. The summed E-state index contributed by atoms with van der Waals surface area (Å²) >= 11 is 0. The molecule has 0 unspecified atom stereocenters. The Morgan fingerprint density at radius 3 is 3.31 bits per heavy atom. The van der Waals surface area contributed by atoms with Gasteiger partial charge in [-0.25, -0.2) is 0 Å². The lowest BCUT2D eigenvalue weighted by Gasteiger charge is -2.28. The van der Waals surface area contributed by atoms with Gasteiger partial charge in [-0.2, -0.15) is 0 Å². The van der Waals surface area contributed by atoms with Crippen molar-refractivity contribution < 1.29 is 4.42 Å². The van der Waals surface area contributed by atoms with Crippen molar-refractivity contribution in [2.24, 2.45) is 0 Å². The Hall–Kier alpha value is -1.44. The predicted octanol–water partition coefficient (Wildman–Crippen LogP) is 2.81. The molecule has 0 radical (unpaired) electrons. The van der Waals surface area contributed by atoms with Crippen LogP contribution < -0.4 is 0 Å². The van der Waals surface area contributed by atoms with Crippen LogP contribution in [0.3, 0.4) is 0 Å². The second kappa shape index (κ2) is 3.13. The highest BCUT2D eigenvalue weighted by Crippen LogP contribution is 2.32. The number of hydrogen-bond donors (Lipinski definition) is 0. The van der Waals surface area contributed by atoms with Crippen molar-refractivity contribution in [3.8, 4) is 0 Å². The highest BCUT2D eigenvalue weighted by atomic mass is 16.3. The Balaban J connectivity index is 2.36. The van der Waals surface area contributed by atoms with E-state index in [-0.39, 0.29) is 0 Å². The van der Waals surface area contributed by atoms with Crippen LogP contribution in [0.4, 0.5) is 0 Å². The van der Waals surface area contributed by atoms with Crippen LogP contribution in [0.5, 0.6) is 0 Å². The minimum atomic E-state index is 0.385. The zero-order valence-electron chi connectivity index (χ0n) is 7.73. The normalized spacial score (nSPS) is 20.1. The summed E-state index contributed by atoms with van der Waals surface area (Å²) < 4.78 is 5.33. The molecule has 0 bridgehead atoms. The molecule has 0 amide bonds. The summed E-state index contributed by atoms with van der Waals surface area (Å²) in [6.45, 7) is 3.77. The van der Waals surface area contributed by atoms with Gasteiger partial charge in [0.1, 0.15) is 5.76 Å². The maximum atomic E-state index is 5.33. The lowest BCUT2D eigenvalue weighted by molar-refractivity contribution is 0.330. The van der Waals surface area contributed by atoms with E-state index in [1.165, 1.54) is 5.56 Å². The van der Waals surface area contributed by atoms with Crippen LogP contribution in [0.2, 0.25) is 0 Å². The molecule has 68 valence electrons. The van der Waals surface area contributed by atoms with Crippen molar-refractivity contribution in [1.29, 1.82) is 0 Å². The van der Waals surface area contributed by atoms with E-state index in [4.69, 9.17) is 4.42 Å². The number of rotatable bonds is 2. The van der Waals surface area contributed by atoms with Gasteiger partial charge >= 0.3 is 0 Å². The maximum absolute atomic E-state index is 5.33. The lowest BCUT2D eigenvalue weighted by Crippen LogP contribution is -2.21. The van der Waals surface area contributed by atoms with Gasteiger partial charge in [-0.3, -0.25) is 0 Å². The van der Waals surface area contributed by atoms with Crippen LogP contribution in [-0.4, -0.2) is 11.9 Å². The fraction of sp³-hybridized carbons (Fsp3) is 0.273. The van der Waals surface area contributed by atoms with Crippen LogP contribution in [0.25, 0.3) is 6.08 Å². The summed E-state index contributed by atoms with van der Waals surface area (Å²) in [4.78, 5) is 2.18. The lowest BCUT2D eigenvalue weighted by atomic mass is 10.0. The molecule has 0 fully saturated rings. The van der Waals surface area contributed by atoms with Gasteiger partial charge in [-0.15, -0.1) is 6.58 Å². The Morgan fingerprint density at radius 1 is 1.69 bits per heavy atom. The Bertz CT molecular complexity index is 338. The van der Waals surface area contributed by atoms with Crippen LogP contribution >= 0.6 is 0 Å². The van der Waals surface area contributed by atoms with Crippen molar-refractivity contribution in [3.63, 3.8) is 0 Å². The molecule has 0 aliphatic carbocycles. The third-order valence-corrected chi connectivity index (χ3v) is 2.43. The molecule has 13 heavy (non-hydrogen) atoms. The average molecular weight is 175 g/mol. The van der Waals surface area contributed by atoms with E-state index < -0.39 is 0 Å². The van der Waals surface area contributed by atoms with Crippen LogP contribution in [0.15, 0.2) is 35.6 Å². The minimum absolute atomic E-state index is 0.385. The zero-order valence-corrected chi connectivity index (χ0v) is 7.73. The summed E-state index contributed by atoms with van der Waals surface area (Å²) in [5.41, 5.74) is 1.25. The number of nitrogens with zero attached hydrogens (tertiary/aromatic N) is 1. The second-order valence-electron chi connectivity index (χ2n) is 3.26. The van der Waals surface area contributed by atoms with Crippen molar-refractivity contribution >= 4 is 6.08 Å². The Kier molecular flexibility index (Phi) is 1.97. The zero-order chi connectivity index (χ0) is 9.26. The summed E-state index contributed by atoms with van der Waals surface area (Å²) in [5.74, 6) is 0.977. The van der Waals surface area contributed by atoms with Crippen molar-refractivity contribution in [2.45, 2.75) is 12.5 Å². The first-order chi connectivity index (χ1) is 6.33. The molecule has 2 nitrogen and oxygen atoms in total. The third kappa shape index (κ3) is 1.28. The van der Waals surface area contributed by atoms with E-state index in [1.54, 1.807) is 6.26 Å². The minimum Gasteiger partial charge on any atom is -0.465 e. The monoisotopic (exact) mass is 175 g/mol. The fourth-order valence-electron chi connectivity index (χ4n) is 1.70.